The predicted molar refractivity (Wildman–Crippen MR) is 132 cm³/mol. The fourth-order valence-electron chi connectivity index (χ4n) is 5.02. The van der Waals surface area contributed by atoms with Crippen LogP contribution < -0.4 is 5.32 Å². The third-order valence-electron chi connectivity index (χ3n) is 6.67. The Labute approximate surface area is 198 Å². The summed E-state index contributed by atoms with van der Waals surface area (Å²) in [5.74, 6) is 0.477. The van der Waals surface area contributed by atoms with Crippen LogP contribution in [0.1, 0.15) is 74.1 Å². The molecule has 0 spiro atoms. The highest BCUT2D eigenvalue weighted by Crippen LogP contribution is 2.37. The molecule has 0 radical (unpaired) electrons. The monoisotopic (exact) mass is 450 g/mol. The van der Waals surface area contributed by atoms with Crippen LogP contribution in [0, 0.1) is 0 Å². The summed E-state index contributed by atoms with van der Waals surface area (Å²) < 4.78 is 5.06. The molecule has 0 unspecified atom stereocenters. The van der Waals surface area contributed by atoms with Crippen molar-refractivity contribution in [2.24, 2.45) is 0 Å². The van der Waals surface area contributed by atoms with E-state index in [1.165, 1.54) is 29.2 Å². The fraction of sp³-hybridized carbons (Fsp3) is 0.500. The lowest BCUT2D eigenvalue weighted by molar-refractivity contribution is -0.141. The lowest BCUT2D eigenvalue weighted by Gasteiger charge is -2.37. The number of carbonyl (C=O) groups is 2. The van der Waals surface area contributed by atoms with Crippen LogP contribution in [0.25, 0.3) is 0 Å². The van der Waals surface area contributed by atoms with Crippen molar-refractivity contribution >= 4 is 11.9 Å². The van der Waals surface area contributed by atoms with Gasteiger partial charge in [-0.2, -0.15) is 0 Å². The molecule has 0 saturated heterocycles. The minimum absolute atomic E-state index is 0.163. The summed E-state index contributed by atoms with van der Waals surface area (Å²) in [5, 5.41) is 3.32. The number of nitrogens with zero attached hydrogens (tertiary/aromatic N) is 1. The molecule has 5 heteroatoms. The van der Waals surface area contributed by atoms with Gasteiger partial charge in [0.1, 0.15) is 0 Å². The number of ether oxygens (including phenoxy) is 1. The van der Waals surface area contributed by atoms with Crippen LogP contribution in [0.5, 0.6) is 0 Å². The Balaban J connectivity index is 1.62. The number of amides is 1. The van der Waals surface area contributed by atoms with Crippen molar-refractivity contribution in [3.63, 3.8) is 0 Å². The van der Waals surface area contributed by atoms with E-state index in [1.54, 1.807) is 6.92 Å². The summed E-state index contributed by atoms with van der Waals surface area (Å²) >= 11 is 0. The number of rotatable bonds is 10. The van der Waals surface area contributed by atoms with Crippen molar-refractivity contribution in [1.29, 1.82) is 0 Å². The maximum Gasteiger partial charge on any atom is 0.302 e. The van der Waals surface area contributed by atoms with Gasteiger partial charge in [0, 0.05) is 33.0 Å². The van der Waals surface area contributed by atoms with E-state index in [0.717, 1.165) is 45.1 Å². The van der Waals surface area contributed by atoms with Crippen LogP contribution in [0.4, 0.5) is 0 Å². The highest BCUT2D eigenvalue weighted by Gasteiger charge is 2.29. The second kappa shape index (κ2) is 12.5. The summed E-state index contributed by atoms with van der Waals surface area (Å²) in [7, 11) is 1.99. The Morgan fingerprint density at radius 3 is 2.36 bits per heavy atom. The largest absolute Gasteiger partial charge is 0.466 e. The number of esters is 1. The molecule has 1 amide bonds. The summed E-state index contributed by atoms with van der Waals surface area (Å²) in [6, 6.07) is 17.4. The van der Waals surface area contributed by atoms with Gasteiger partial charge < -0.3 is 15.0 Å². The van der Waals surface area contributed by atoms with Crippen LogP contribution in [0.15, 0.2) is 48.5 Å². The van der Waals surface area contributed by atoms with Gasteiger partial charge in [-0.25, -0.2) is 0 Å². The quantitative estimate of drug-likeness (QED) is 0.410. The molecule has 2 aromatic carbocycles. The van der Waals surface area contributed by atoms with Gasteiger partial charge in [-0.15, -0.1) is 0 Å². The first kappa shape index (κ1) is 25.0. The first-order chi connectivity index (χ1) is 16.0. The molecule has 33 heavy (non-hydrogen) atoms. The third-order valence-corrected chi connectivity index (χ3v) is 6.67. The molecule has 1 aliphatic rings. The zero-order valence-electron chi connectivity index (χ0n) is 20.3. The first-order valence-electron chi connectivity index (χ1n) is 12.2. The summed E-state index contributed by atoms with van der Waals surface area (Å²) in [4.78, 5) is 25.4. The Kier molecular flexibility index (Phi) is 9.49. The Morgan fingerprint density at radius 1 is 1.00 bits per heavy atom. The van der Waals surface area contributed by atoms with E-state index in [-0.39, 0.29) is 11.9 Å². The second-order valence-corrected chi connectivity index (χ2v) is 9.15. The molecule has 0 aliphatic heterocycles. The van der Waals surface area contributed by atoms with Gasteiger partial charge in [-0.1, -0.05) is 48.5 Å². The van der Waals surface area contributed by atoms with Crippen molar-refractivity contribution in [1.82, 2.24) is 10.2 Å². The van der Waals surface area contributed by atoms with E-state index >= 15 is 0 Å². The fourth-order valence-corrected chi connectivity index (χ4v) is 5.02. The predicted octanol–water partition coefficient (Wildman–Crippen LogP) is 4.98. The van der Waals surface area contributed by atoms with Crippen LogP contribution in [-0.4, -0.2) is 36.5 Å². The van der Waals surface area contributed by atoms with E-state index in [1.807, 2.05) is 25.2 Å². The topological polar surface area (TPSA) is 58.6 Å². The molecule has 1 N–H and O–H groups in total. The number of carbonyl (C=O) groups excluding carboxylic acids is 2. The highest BCUT2D eigenvalue weighted by molar-refractivity contribution is 5.73. The van der Waals surface area contributed by atoms with Gasteiger partial charge in [0.25, 0.3) is 0 Å². The van der Waals surface area contributed by atoms with Crippen LogP contribution in [0.3, 0.4) is 0 Å². The minimum Gasteiger partial charge on any atom is -0.466 e. The first-order valence-corrected chi connectivity index (χ1v) is 12.2. The SMILES string of the molecule is CNCc1cc(CCCOC(C)=O)ccc1C1CCC(N(Cc2ccccc2)C(C)=O)CC1. The molecule has 0 atom stereocenters. The molecule has 1 fully saturated rings. The molecule has 5 nitrogen and oxygen atoms in total. The Bertz CT molecular complexity index is 905. The number of benzene rings is 2. The van der Waals surface area contributed by atoms with Gasteiger partial charge in [0.05, 0.1) is 6.61 Å². The number of aryl methyl sites for hydroxylation is 1. The van der Waals surface area contributed by atoms with Crippen LogP contribution >= 0.6 is 0 Å². The Morgan fingerprint density at radius 2 is 1.73 bits per heavy atom. The normalized spacial score (nSPS) is 18.0. The average molecular weight is 451 g/mol. The average Bonchev–Trinajstić information content (AvgIpc) is 2.81. The molecule has 1 aliphatic carbocycles. The van der Waals surface area contributed by atoms with E-state index in [0.29, 0.717) is 25.1 Å². The smallest absolute Gasteiger partial charge is 0.302 e. The lowest BCUT2D eigenvalue weighted by Crippen LogP contribution is -2.40. The standard InChI is InChI=1S/C28H38N2O3/c1-21(31)30(20-24-8-5-4-6-9-24)27-14-12-25(13-15-27)28-16-11-23(18-26(28)19-29-3)10-7-17-33-22(2)32/h4-6,8-9,11,16,18,25,27,29H,7,10,12-15,17,19-20H2,1-3H3. The molecular formula is C28H38N2O3. The maximum atomic E-state index is 12.4. The number of nitrogens with one attached hydrogen (secondary N) is 1. The van der Waals surface area contributed by atoms with E-state index in [2.05, 4.69) is 40.5 Å². The van der Waals surface area contributed by atoms with E-state index in [9.17, 15) is 9.59 Å². The minimum atomic E-state index is -0.219. The molecule has 178 valence electrons. The van der Waals surface area contributed by atoms with Crippen molar-refractivity contribution in [3.05, 3.63) is 70.8 Å². The van der Waals surface area contributed by atoms with Crippen molar-refractivity contribution in [2.75, 3.05) is 13.7 Å². The third kappa shape index (κ3) is 7.43. The summed E-state index contributed by atoms with van der Waals surface area (Å²) in [5.41, 5.74) is 5.27. The van der Waals surface area contributed by atoms with Gasteiger partial charge in [-0.05, 0) is 73.7 Å². The molecule has 3 rings (SSSR count). The zero-order valence-corrected chi connectivity index (χ0v) is 20.3. The maximum absolute atomic E-state index is 12.4. The molecule has 0 heterocycles. The Hall–Kier alpha value is -2.66. The molecule has 0 bridgehead atoms. The lowest BCUT2D eigenvalue weighted by atomic mass is 9.79. The number of hydrogen-bond acceptors (Lipinski definition) is 4. The zero-order chi connectivity index (χ0) is 23.6. The molecule has 1 saturated carbocycles. The van der Waals surface area contributed by atoms with Gasteiger partial charge >= 0.3 is 5.97 Å². The number of hydrogen-bond donors (Lipinski definition) is 1. The van der Waals surface area contributed by atoms with Gasteiger partial charge in [-0.3, -0.25) is 9.59 Å². The van der Waals surface area contributed by atoms with Crippen molar-refractivity contribution in [3.8, 4) is 0 Å². The van der Waals surface area contributed by atoms with Crippen LogP contribution in [0.2, 0.25) is 0 Å². The van der Waals surface area contributed by atoms with Gasteiger partial charge in [0.15, 0.2) is 0 Å². The molecule has 2 aromatic rings. The molecule has 0 aromatic heterocycles. The second-order valence-electron chi connectivity index (χ2n) is 9.15. The summed E-state index contributed by atoms with van der Waals surface area (Å²) in [6.45, 7) is 5.16. The molecular weight excluding hydrogens is 412 g/mol. The van der Waals surface area contributed by atoms with Gasteiger partial charge in [0.2, 0.25) is 5.91 Å². The highest BCUT2D eigenvalue weighted by atomic mass is 16.5. The van der Waals surface area contributed by atoms with E-state index < -0.39 is 0 Å². The van der Waals surface area contributed by atoms with Crippen molar-refractivity contribution < 1.29 is 14.3 Å². The van der Waals surface area contributed by atoms with Crippen LogP contribution in [-0.2, 0) is 33.8 Å². The van der Waals surface area contributed by atoms with Crippen molar-refractivity contribution in [2.45, 2.75) is 77.4 Å². The summed E-state index contributed by atoms with van der Waals surface area (Å²) in [6.07, 6.45) is 6.04. The van der Waals surface area contributed by atoms with E-state index in [4.69, 9.17) is 4.74 Å².